The first-order valence-corrected chi connectivity index (χ1v) is 7.45. The topological polar surface area (TPSA) is 82.6 Å². The molecule has 0 spiro atoms. The fourth-order valence-corrected chi connectivity index (χ4v) is 2.25. The fraction of sp³-hybridized carbons (Fsp3) is 0.400. The minimum atomic E-state index is -0.274. The van der Waals surface area contributed by atoms with Crippen LogP contribution in [0.2, 0.25) is 5.28 Å². The van der Waals surface area contributed by atoms with Crippen LogP contribution in [0.1, 0.15) is 13.3 Å². The summed E-state index contributed by atoms with van der Waals surface area (Å²) in [6, 6.07) is 3.48. The molecule has 0 amide bonds. The van der Waals surface area contributed by atoms with E-state index in [2.05, 4.69) is 15.3 Å². The van der Waals surface area contributed by atoms with Gasteiger partial charge in [-0.05, 0) is 24.6 Å². The molecule has 8 heteroatoms. The number of nitrogens with one attached hydrogen (secondary N) is 1. The van der Waals surface area contributed by atoms with Gasteiger partial charge in [-0.25, -0.2) is 9.97 Å². The second kappa shape index (κ2) is 7.82. The first-order valence-electron chi connectivity index (χ1n) is 7.07. The summed E-state index contributed by atoms with van der Waals surface area (Å²) in [6.45, 7) is 2.50. The summed E-state index contributed by atoms with van der Waals surface area (Å²) in [6.07, 6.45) is 0.226. The van der Waals surface area contributed by atoms with E-state index < -0.39 is 0 Å². The number of carbonyl (C=O) groups is 1. The number of halogens is 1. The zero-order valence-electron chi connectivity index (χ0n) is 13.2. The zero-order chi connectivity index (χ0) is 16.8. The van der Waals surface area contributed by atoms with Crippen LogP contribution in [0.4, 0.5) is 5.82 Å². The molecule has 1 aromatic heterocycles. The highest BCUT2D eigenvalue weighted by Gasteiger charge is 2.13. The summed E-state index contributed by atoms with van der Waals surface area (Å²) in [5, 5.41) is 3.89. The van der Waals surface area contributed by atoms with Gasteiger partial charge in [0.15, 0.2) is 11.5 Å². The van der Waals surface area contributed by atoms with Crippen molar-refractivity contribution in [1.82, 2.24) is 9.97 Å². The number of hydrogen-bond donors (Lipinski definition) is 1. The van der Waals surface area contributed by atoms with Crippen molar-refractivity contribution in [2.24, 2.45) is 0 Å². The van der Waals surface area contributed by atoms with E-state index in [0.717, 1.165) is 5.39 Å². The Bertz CT molecular complexity index is 709. The lowest BCUT2D eigenvalue weighted by molar-refractivity contribution is -0.142. The molecule has 0 saturated carbocycles. The summed E-state index contributed by atoms with van der Waals surface area (Å²) in [4.78, 5) is 19.7. The van der Waals surface area contributed by atoms with E-state index in [1.165, 1.54) is 0 Å². The van der Waals surface area contributed by atoms with Gasteiger partial charge in [0.1, 0.15) is 5.82 Å². The Kier molecular flexibility index (Phi) is 5.81. The smallest absolute Gasteiger partial charge is 0.307 e. The average Bonchev–Trinajstić information content (AvgIpc) is 2.53. The van der Waals surface area contributed by atoms with Crippen LogP contribution in [0.5, 0.6) is 11.5 Å². The first-order chi connectivity index (χ1) is 11.1. The van der Waals surface area contributed by atoms with E-state index in [1.54, 1.807) is 33.3 Å². The number of nitrogens with zero attached hydrogens (tertiary/aromatic N) is 2. The molecule has 0 radical (unpaired) electrons. The van der Waals surface area contributed by atoms with Crippen LogP contribution in [0.15, 0.2) is 12.1 Å². The molecule has 0 aliphatic heterocycles. The Hall–Kier alpha value is -2.28. The molecule has 0 aliphatic rings. The van der Waals surface area contributed by atoms with Crippen LogP contribution in [-0.2, 0) is 9.53 Å². The molecule has 7 nitrogen and oxygen atoms in total. The molecule has 23 heavy (non-hydrogen) atoms. The Morgan fingerprint density at radius 2 is 1.91 bits per heavy atom. The SMILES string of the molecule is CCOC(=O)CCNc1nc(Cl)nc2cc(OC)c(OC)cc12. The molecule has 0 unspecified atom stereocenters. The second-order valence-electron chi connectivity index (χ2n) is 4.55. The summed E-state index contributed by atoms with van der Waals surface area (Å²) in [5.74, 6) is 1.35. The molecule has 0 aliphatic carbocycles. The number of rotatable bonds is 7. The van der Waals surface area contributed by atoms with Crippen molar-refractivity contribution >= 4 is 34.3 Å². The summed E-state index contributed by atoms with van der Waals surface area (Å²) in [5.41, 5.74) is 0.612. The number of carbonyl (C=O) groups excluding carboxylic acids is 1. The summed E-state index contributed by atoms with van der Waals surface area (Å²) in [7, 11) is 3.10. The zero-order valence-corrected chi connectivity index (χ0v) is 13.9. The highest BCUT2D eigenvalue weighted by atomic mass is 35.5. The molecular weight excluding hydrogens is 322 g/mol. The number of benzene rings is 1. The molecular formula is C15H18ClN3O4. The van der Waals surface area contributed by atoms with Gasteiger partial charge in [-0.2, -0.15) is 0 Å². The molecule has 2 aromatic rings. The fourth-order valence-electron chi connectivity index (χ4n) is 2.08. The number of fused-ring (bicyclic) bond motifs is 1. The predicted octanol–water partition coefficient (Wildman–Crippen LogP) is 2.67. The van der Waals surface area contributed by atoms with Crippen molar-refractivity contribution in [1.29, 1.82) is 0 Å². The quantitative estimate of drug-likeness (QED) is 0.613. The van der Waals surface area contributed by atoms with Crippen molar-refractivity contribution in [3.63, 3.8) is 0 Å². The van der Waals surface area contributed by atoms with E-state index in [9.17, 15) is 4.79 Å². The molecule has 1 aromatic carbocycles. The maximum absolute atomic E-state index is 11.4. The number of ether oxygens (including phenoxy) is 3. The van der Waals surface area contributed by atoms with E-state index in [1.807, 2.05) is 0 Å². The third-order valence-electron chi connectivity index (χ3n) is 3.10. The highest BCUT2D eigenvalue weighted by Crippen LogP contribution is 2.34. The molecule has 124 valence electrons. The number of hydrogen-bond acceptors (Lipinski definition) is 7. The third kappa shape index (κ3) is 4.13. The van der Waals surface area contributed by atoms with Crippen LogP contribution in [-0.4, -0.2) is 43.3 Å². The van der Waals surface area contributed by atoms with Crippen molar-refractivity contribution in [3.05, 3.63) is 17.4 Å². The van der Waals surface area contributed by atoms with E-state index in [0.29, 0.717) is 36.0 Å². The van der Waals surface area contributed by atoms with E-state index >= 15 is 0 Å². The number of methoxy groups -OCH3 is 2. The van der Waals surface area contributed by atoms with Crippen molar-refractivity contribution in [3.8, 4) is 11.5 Å². The van der Waals surface area contributed by atoms with Crippen LogP contribution in [0.3, 0.4) is 0 Å². The van der Waals surface area contributed by atoms with E-state index in [-0.39, 0.29) is 17.7 Å². The average molecular weight is 340 g/mol. The summed E-state index contributed by atoms with van der Waals surface area (Å²) < 4.78 is 15.4. The first kappa shape index (κ1) is 17.1. The van der Waals surface area contributed by atoms with Crippen molar-refractivity contribution < 1.29 is 19.0 Å². The molecule has 2 rings (SSSR count). The molecule has 1 N–H and O–H groups in total. The maximum Gasteiger partial charge on any atom is 0.307 e. The van der Waals surface area contributed by atoms with Crippen molar-refractivity contribution in [2.75, 3.05) is 32.7 Å². The van der Waals surface area contributed by atoms with Crippen molar-refractivity contribution in [2.45, 2.75) is 13.3 Å². The molecule has 0 atom stereocenters. The van der Waals surface area contributed by atoms with Gasteiger partial charge < -0.3 is 19.5 Å². The van der Waals surface area contributed by atoms with Gasteiger partial charge in [0, 0.05) is 18.0 Å². The molecule has 0 fully saturated rings. The van der Waals surface area contributed by atoms with Crippen LogP contribution < -0.4 is 14.8 Å². The van der Waals surface area contributed by atoms with Crippen LogP contribution in [0.25, 0.3) is 10.9 Å². The predicted molar refractivity (Wildman–Crippen MR) is 87.4 cm³/mol. The Morgan fingerprint density at radius 3 is 2.57 bits per heavy atom. The highest BCUT2D eigenvalue weighted by molar-refractivity contribution is 6.28. The number of aromatic nitrogens is 2. The number of anilines is 1. The van der Waals surface area contributed by atoms with Crippen LogP contribution in [0, 0.1) is 0 Å². The third-order valence-corrected chi connectivity index (χ3v) is 3.27. The Balaban J connectivity index is 2.29. The standard InChI is InChI=1S/C15H18ClN3O4/c1-4-23-13(20)5-6-17-14-9-7-11(21-2)12(22-3)8-10(9)18-15(16)19-14/h7-8H,4-6H2,1-3H3,(H,17,18,19). The minimum Gasteiger partial charge on any atom is -0.493 e. The monoisotopic (exact) mass is 339 g/mol. The van der Waals surface area contributed by atoms with Crippen LogP contribution >= 0.6 is 11.6 Å². The minimum absolute atomic E-state index is 0.100. The lowest BCUT2D eigenvalue weighted by Gasteiger charge is -2.12. The van der Waals surface area contributed by atoms with Gasteiger partial charge in [-0.15, -0.1) is 0 Å². The number of esters is 1. The Labute approximate surface area is 138 Å². The van der Waals surface area contributed by atoms with Gasteiger partial charge in [-0.1, -0.05) is 0 Å². The second-order valence-corrected chi connectivity index (χ2v) is 4.89. The van der Waals surface area contributed by atoms with Gasteiger partial charge >= 0.3 is 5.97 Å². The lowest BCUT2D eigenvalue weighted by Crippen LogP contribution is -2.12. The van der Waals surface area contributed by atoms with Gasteiger partial charge in [-0.3, -0.25) is 4.79 Å². The molecule has 0 saturated heterocycles. The normalized spacial score (nSPS) is 10.4. The van der Waals surface area contributed by atoms with Gasteiger partial charge in [0.05, 0.1) is 32.8 Å². The largest absolute Gasteiger partial charge is 0.493 e. The maximum atomic E-state index is 11.4. The Morgan fingerprint density at radius 1 is 1.22 bits per heavy atom. The van der Waals surface area contributed by atoms with Gasteiger partial charge in [0.2, 0.25) is 5.28 Å². The molecule has 0 bridgehead atoms. The summed E-state index contributed by atoms with van der Waals surface area (Å²) >= 11 is 5.96. The lowest BCUT2D eigenvalue weighted by atomic mass is 10.2. The van der Waals surface area contributed by atoms with Gasteiger partial charge in [0.25, 0.3) is 0 Å². The van der Waals surface area contributed by atoms with E-state index in [4.69, 9.17) is 25.8 Å². The molecule has 1 heterocycles.